The molecule has 1 aliphatic heterocycles. The lowest BCUT2D eigenvalue weighted by molar-refractivity contribution is -0.0930. The molecule has 0 aromatic heterocycles. The Morgan fingerprint density at radius 2 is 1.82 bits per heavy atom. The van der Waals surface area contributed by atoms with Crippen molar-refractivity contribution in [2.75, 3.05) is 6.54 Å². The van der Waals surface area contributed by atoms with Gasteiger partial charge in [-0.05, 0) is 30.7 Å². The van der Waals surface area contributed by atoms with Crippen molar-refractivity contribution in [2.24, 2.45) is 5.41 Å². The fraction of sp³-hybridized carbons (Fsp3) is 0.625. The molecule has 1 atom stereocenters. The summed E-state index contributed by atoms with van der Waals surface area (Å²) in [6.07, 6.45) is 7.33. The van der Waals surface area contributed by atoms with Gasteiger partial charge in [0.1, 0.15) is 0 Å². The predicted octanol–water partition coefficient (Wildman–Crippen LogP) is 3.84. The molecule has 1 aliphatic carbocycles. The monoisotopic (exact) mass is 229 g/mol. The van der Waals surface area contributed by atoms with Crippen molar-refractivity contribution in [3.05, 3.63) is 35.9 Å². The minimum atomic E-state index is 0.688. The Bertz CT molecular complexity index is 364. The van der Waals surface area contributed by atoms with E-state index in [1.807, 2.05) is 0 Å². The van der Waals surface area contributed by atoms with Crippen molar-refractivity contribution >= 4 is 0 Å². The molecule has 1 heteroatoms. The molecule has 0 amide bonds. The molecule has 1 heterocycles. The Morgan fingerprint density at radius 3 is 2.47 bits per heavy atom. The van der Waals surface area contributed by atoms with Gasteiger partial charge in [0.15, 0.2) is 0 Å². The van der Waals surface area contributed by atoms with Crippen molar-refractivity contribution in [2.45, 2.75) is 51.6 Å². The van der Waals surface area contributed by atoms with Crippen LogP contribution in [0, 0.1) is 5.41 Å². The highest BCUT2D eigenvalue weighted by molar-refractivity contribution is 5.16. The summed E-state index contributed by atoms with van der Waals surface area (Å²) in [4.78, 5) is 2.65. The van der Waals surface area contributed by atoms with Crippen LogP contribution in [-0.2, 0) is 6.54 Å². The molecular weight excluding hydrogens is 206 g/mol. The van der Waals surface area contributed by atoms with Crippen molar-refractivity contribution in [1.82, 2.24) is 4.90 Å². The fourth-order valence-electron chi connectivity index (χ4n) is 3.79. The summed E-state index contributed by atoms with van der Waals surface area (Å²) in [5, 5.41) is 0. The summed E-state index contributed by atoms with van der Waals surface area (Å²) >= 11 is 0. The van der Waals surface area contributed by atoms with Crippen LogP contribution >= 0.6 is 0 Å². The summed E-state index contributed by atoms with van der Waals surface area (Å²) in [5.74, 6) is 0. The quantitative estimate of drug-likeness (QED) is 0.744. The normalized spacial score (nSPS) is 27.9. The van der Waals surface area contributed by atoms with Gasteiger partial charge < -0.3 is 0 Å². The number of likely N-dealkylation sites (tertiary alicyclic amines) is 1. The smallest absolute Gasteiger partial charge is 0.0237 e. The van der Waals surface area contributed by atoms with E-state index in [1.165, 1.54) is 44.2 Å². The molecule has 0 unspecified atom stereocenters. The molecule has 0 bridgehead atoms. The Morgan fingerprint density at radius 1 is 1.12 bits per heavy atom. The number of hydrogen-bond donors (Lipinski definition) is 0. The maximum atomic E-state index is 2.65. The van der Waals surface area contributed by atoms with E-state index in [4.69, 9.17) is 0 Å². The first-order valence-corrected chi connectivity index (χ1v) is 7.08. The first-order valence-electron chi connectivity index (χ1n) is 7.08. The first kappa shape index (κ1) is 11.3. The van der Waals surface area contributed by atoms with Gasteiger partial charge in [-0.2, -0.15) is 0 Å². The average molecular weight is 229 g/mol. The van der Waals surface area contributed by atoms with E-state index in [1.54, 1.807) is 0 Å². The van der Waals surface area contributed by atoms with E-state index >= 15 is 0 Å². The summed E-state index contributed by atoms with van der Waals surface area (Å²) in [7, 11) is 0. The summed E-state index contributed by atoms with van der Waals surface area (Å²) in [6, 6.07) is 11.7. The van der Waals surface area contributed by atoms with Crippen LogP contribution in [0.4, 0.5) is 0 Å². The van der Waals surface area contributed by atoms with E-state index in [0.717, 1.165) is 12.6 Å². The van der Waals surface area contributed by atoms with Gasteiger partial charge >= 0.3 is 0 Å². The summed E-state index contributed by atoms with van der Waals surface area (Å²) in [6.45, 7) is 4.92. The first-order chi connectivity index (χ1) is 8.30. The lowest BCUT2D eigenvalue weighted by atomic mass is 9.63. The molecule has 1 nitrogen and oxygen atoms in total. The third-order valence-electron chi connectivity index (χ3n) is 5.03. The topological polar surface area (TPSA) is 3.24 Å². The third kappa shape index (κ3) is 2.01. The summed E-state index contributed by atoms with van der Waals surface area (Å²) < 4.78 is 0. The SMILES string of the molecule is C[C@H]1N(Cc2ccccc2)CC12CCCCC2. The largest absolute Gasteiger partial charge is 0.295 e. The molecule has 0 N–H and O–H groups in total. The molecule has 1 spiro atoms. The van der Waals surface area contributed by atoms with Crippen molar-refractivity contribution in [1.29, 1.82) is 0 Å². The number of hydrogen-bond acceptors (Lipinski definition) is 1. The second-order valence-electron chi connectivity index (χ2n) is 5.99. The zero-order valence-electron chi connectivity index (χ0n) is 10.9. The lowest BCUT2D eigenvalue weighted by Gasteiger charge is -2.58. The van der Waals surface area contributed by atoms with Gasteiger partial charge in [0.25, 0.3) is 0 Å². The fourth-order valence-corrected chi connectivity index (χ4v) is 3.79. The zero-order chi connectivity index (χ0) is 11.7. The van der Waals surface area contributed by atoms with E-state index in [9.17, 15) is 0 Å². The molecule has 17 heavy (non-hydrogen) atoms. The molecule has 1 aromatic rings. The van der Waals surface area contributed by atoms with Crippen molar-refractivity contribution in [3.8, 4) is 0 Å². The minimum absolute atomic E-state index is 0.688. The second-order valence-corrected chi connectivity index (χ2v) is 5.99. The standard InChI is InChI=1S/C16H23N/c1-14-16(10-6-3-7-11-16)13-17(14)12-15-8-4-2-5-9-15/h2,4-5,8-9,14H,3,6-7,10-13H2,1H3/t14-/m1/s1. The molecule has 1 saturated carbocycles. The maximum absolute atomic E-state index is 2.65. The molecule has 1 aromatic carbocycles. The highest BCUT2D eigenvalue weighted by atomic mass is 15.2. The van der Waals surface area contributed by atoms with E-state index in [0.29, 0.717) is 5.41 Å². The Balaban J connectivity index is 1.62. The van der Waals surface area contributed by atoms with Crippen molar-refractivity contribution in [3.63, 3.8) is 0 Å². The average Bonchev–Trinajstić information content (AvgIpc) is 2.40. The van der Waals surface area contributed by atoms with Gasteiger partial charge in [-0.3, -0.25) is 4.90 Å². The number of rotatable bonds is 2. The highest BCUT2D eigenvalue weighted by Gasteiger charge is 2.49. The zero-order valence-corrected chi connectivity index (χ0v) is 10.9. The molecule has 2 aliphatic rings. The van der Waals surface area contributed by atoms with Gasteiger partial charge in [0.05, 0.1) is 0 Å². The molecule has 3 rings (SSSR count). The van der Waals surface area contributed by atoms with Crippen LogP contribution in [0.3, 0.4) is 0 Å². The molecule has 0 radical (unpaired) electrons. The van der Waals surface area contributed by atoms with Gasteiger partial charge in [-0.25, -0.2) is 0 Å². The Labute approximate surface area is 105 Å². The van der Waals surface area contributed by atoms with E-state index in [-0.39, 0.29) is 0 Å². The van der Waals surface area contributed by atoms with Gasteiger partial charge in [0.2, 0.25) is 0 Å². The predicted molar refractivity (Wildman–Crippen MR) is 71.8 cm³/mol. The van der Waals surface area contributed by atoms with Crippen molar-refractivity contribution < 1.29 is 0 Å². The van der Waals surface area contributed by atoms with Crippen LogP contribution < -0.4 is 0 Å². The van der Waals surface area contributed by atoms with Crippen LogP contribution in [0.2, 0.25) is 0 Å². The van der Waals surface area contributed by atoms with Gasteiger partial charge in [0, 0.05) is 19.1 Å². The second kappa shape index (κ2) is 4.45. The minimum Gasteiger partial charge on any atom is -0.295 e. The number of nitrogens with zero attached hydrogens (tertiary/aromatic N) is 1. The lowest BCUT2D eigenvalue weighted by Crippen LogP contribution is -2.63. The molecular formula is C16H23N. The van der Waals surface area contributed by atoms with E-state index < -0.39 is 0 Å². The maximum Gasteiger partial charge on any atom is 0.0237 e. The van der Waals surface area contributed by atoms with Gasteiger partial charge in [-0.15, -0.1) is 0 Å². The Kier molecular flexibility index (Phi) is 2.96. The van der Waals surface area contributed by atoms with Crippen LogP contribution in [0.1, 0.15) is 44.6 Å². The molecule has 92 valence electrons. The van der Waals surface area contributed by atoms with E-state index in [2.05, 4.69) is 42.2 Å². The van der Waals surface area contributed by atoms with Gasteiger partial charge in [-0.1, -0.05) is 49.6 Å². The van der Waals surface area contributed by atoms with Crippen LogP contribution in [0.5, 0.6) is 0 Å². The van der Waals surface area contributed by atoms with Crippen LogP contribution in [0.15, 0.2) is 30.3 Å². The highest BCUT2D eigenvalue weighted by Crippen LogP contribution is 2.49. The van der Waals surface area contributed by atoms with Crippen LogP contribution in [0.25, 0.3) is 0 Å². The third-order valence-corrected chi connectivity index (χ3v) is 5.03. The van der Waals surface area contributed by atoms with Crippen LogP contribution in [-0.4, -0.2) is 17.5 Å². The number of benzene rings is 1. The summed E-state index contributed by atoms with van der Waals surface area (Å²) in [5.41, 5.74) is 2.15. The molecule has 1 saturated heterocycles. The molecule has 2 fully saturated rings. The Hall–Kier alpha value is -0.820.